The first-order valence-corrected chi connectivity index (χ1v) is 32.4. The summed E-state index contributed by atoms with van der Waals surface area (Å²) in [5.74, 6) is 0. The second kappa shape index (κ2) is 36.0. The van der Waals surface area contributed by atoms with E-state index in [2.05, 4.69) is 259 Å². The van der Waals surface area contributed by atoms with Crippen LogP contribution in [0.5, 0.6) is 0 Å². The Hall–Kier alpha value is -14.3. The monoisotopic (exact) mass is 1300 g/mol. The van der Waals surface area contributed by atoms with Crippen LogP contribution < -0.4 is 0 Å². The van der Waals surface area contributed by atoms with E-state index in [1.165, 1.54) is 114 Å². The minimum absolute atomic E-state index is 0.339. The molecule has 6 aromatic heterocycles. The van der Waals surface area contributed by atoms with E-state index < -0.39 is 0 Å². The van der Waals surface area contributed by atoms with Crippen molar-refractivity contribution in [3.8, 4) is 118 Å². The van der Waals surface area contributed by atoms with Gasteiger partial charge in [-0.25, -0.2) is 19.9 Å². The maximum absolute atomic E-state index is 8.51. The minimum atomic E-state index is 0.339. The molecule has 10 aromatic carbocycles. The van der Waals surface area contributed by atoms with Crippen molar-refractivity contribution >= 4 is 10.8 Å². The zero-order valence-electron chi connectivity index (χ0n) is 55.2. The third-order valence-corrected chi connectivity index (χ3v) is 15.9. The van der Waals surface area contributed by atoms with Gasteiger partial charge in [-0.2, -0.15) is 15.8 Å². The predicted molar refractivity (Wildman–Crippen MR) is 406 cm³/mol. The summed E-state index contributed by atoms with van der Waals surface area (Å²) in [5.41, 5.74) is 23.4. The molecule has 0 aliphatic rings. The summed E-state index contributed by atoms with van der Waals surface area (Å²) in [5, 5.41) is 28.1. The summed E-state index contributed by atoms with van der Waals surface area (Å²) in [4.78, 5) is 32.5. The van der Waals surface area contributed by atoms with Crippen molar-refractivity contribution in [3.63, 3.8) is 0 Å². The Labute approximate surface area is 588 Å². The van der Waals surface area contributed by atoms with Gasteiger partial charge in [-0.3, -0.25) is 19.9 Å². The van der Waals surface area contributed by atoms with E-state index in [1.807, 2.05) is 116 Å². The molecule has 16 rings (SSSR count). The molecule has 16 aromatic rings. The van der Waals surface area contributed by atoms with E-state index in [1.54, 1.807) is 37.2 Å². The fraction of sp³-hybridized carbons (Fsp3) is 0.0111. The minimum Gasteiger partial charge on any atom is -0.265 e. The van der Waals surface area contributed by atoms with Gasteiger partial charge in [0.15, 0.2) is 0 Å². The van der Waals surface area contributed by atoms with E-state index in [0.29, 0.717) is 16.7 Å². The molecule has 11 heteroatoms. The van der Waals surface area contributed by atoms with Crippen LogP contribution in [-0.2, 0) is 0 Å². The lowest BCUT2D eigenvalue weighted by molar-refractivity contribution is 1.17. The van der Waals surface area contributed by atoms with Crippen LogP contribution in [0.15, 0.2) is 378 Å². The fourth-order valence-electron chi connectivity index (χ4n) is 10.8. The SMILES string of the molecule is Cc1cccc(-c2ccccc2)c1.N#Cc1cc(C#N)cc(C#N)c1.c1cc(-c2ccncc2)cc(-c2ccncc2)c1.c1cc(-c2cncnc2)cc(-c2cncnc2)c1.c1ccc(-c2cccc(-c3ccc4ccccc4c3)c2)cc1.c1cncc(-c2cccc(-c3cccnc3)c2)c1. The summed E-state index contributed by atoms with van der Waals surface area (Å²) >= 11 is 0. The number of aryl methyl sites for hydroxylation is 1. The lowest BCUT2D eigenvalue weighted by atomic mass is 9.97. The Bertz CT molecular complexity index is 4860. The van der Waals surface area contributed by atoms with Gasteiger partial charge in [-0.05, 0) is 181 Å². The average molecular weight is 1300 g/mol. The molecule has 0 amide bonds. The molecular weight excluding hydrogens is 1240 g/mol. The van der Waals surface area contributed by atoms with Crippen LogP contribution >= 0.6 is 0 Å². The molecule has 0 radical (unpaired) electrons. The second-order valence-corrected chi connectivity index (χ2v) is 22.8. The van der Waals surface area contributed by atoms with Crippen LogP contribution in [0, 0.1) is 40.9 Å². The van der Waals surface area contributed by atoms with Crippen molar-refractivity contribution in [2.45, 2.75) is 6.92 Å². The van der Waals surface area contributed by atoms with Crippen LogP contribution in [0.25, 0.3) is 111 Å². The molecule has 0 fully saturated rings. The maximum Gasteiger partial charge on any atom is 0.115 e. The van der Waals surface area contributed by atoms with E-state index >= 15 is 0 Å². The van der Waals surface area contributed by atoms with Crippen LogP contribution in [0.3, 0.4) is 0 Å². The Balaban J connectivity index is 0.000000123. The van der Waals surface area contributed by atoms with Crippen LogP contribution in [-0.4, -0.2) is 39.9 Å². The number of fused-ring (bicyclic) bond motifs is 1. The molecule has 0 saturated carbocycles. The molecule has 6 heterocycles. The van der Waals surface area contributed by atoms with Crippen LogP contribution in [0.4, 0.5) is 0 Å². The molecule has 0 N–H and O–H groups in total. The van der Waals surface area contributed by atoms with Gasteiger partial charge >= 0.3 is 0 Å². The molecule has 11 nitrogen and oxygen atoms in total. The molecular formula is C90H65N11. The van der Waals surface area contributed by atoms with E-state index in [-0.39, 0.29) is 0 Å². The first-order valence-electron chi connectivity index (χ1n) is 32.4. The highest BCUT2D eigenvalue weighted by Gasteiger charge is 2.07. The smallest absolute Gasteiger partial charge is 0.115 e. The molecule has 0 atom stereocenters. The Morgan fingerprint density at radius 1 is 0.198 bits per heavy atom. The molecule has 0 spiro atoms. The first kappa shape index (κ1) is 68.1. The molecule has 480 valence electrons. The lowest BCUT2D eigenvalue weighted by Gasteiger charge is -2.07. The number of pyridine rings is 4. The molecule has 101 heavy (non-hydrogen) atoms. The summed E-state index contributed by atoms with van der Waals surface area (Å²) in [6.07, 6.45) is 24.8. The van der Waals surface area contributed by atoms with Crippen LogP contribution in [0.2, 0.25) is 0 Å². The third kappa shape index (κ3) is 19.9. The molecule has 0 aliphatic carbocycles. The van der Waals surface area contributed by atoms with Crippen molar-refractivity contribution in [1.82, 2.24) is 39.9 Å². The van der Waals surface area contributed by atoms with Gasteiger partial charge in [0.25, 0.3) is 0 Å². The Morgan fingerprint density at radius 2 is 0.495 bits per heavy atom. The standard InChI is InChI=1S/C22H16.2C16H12N2.C14H10N4.C13H12.C9H3N3/c1-2-7-17(8-3-1)20-11-6-12-21(15-20)22-14-13-18-9-4-5-10-19(18)16-22;1-4-13(15-6-2-8-17-11-15)10-14(5-1)16-7-3-9-18-12-16;1-2-15(13-4-8-17-9-5-13)12-16(3-1)14-6-10-18-11-7-14;1-2-11(13-5-15-9-16-6-13)4-12(3-1)14-7-17-10-18-8-14;1-11-6-5-9-13(10-11)12-7-3-2-4-8-12;10-4-7-1-8(5-11)3-9(2-7)6-12/h1-16H;2*1-12H;1-10H;2-10H,1H3;1-3H. The summed E-state index contributed by atoms with van der Waals surface area (Å²) < 4.78 is 0. The third-order valence-electron chi connectivity index (χ3n) is 15.9. The van der Waals surface area contributed by atoms with E-state index in [4.69, 9.17) is 15.8 Å². The highest BCUT2D eigenvalue weighted by molar-refractivity contribution is 5.88. The average Bonchev–Trinajstić information content (AvgIpc) is 0.830. The van der Waals surface area contributed by atoms with Gasteiger partial charge < -0.3 is 0 Å². The predicted octanol–water partition coefficient (Wildman–Crippen LogP) is 21.4. The van der Waals surface area contributed by atoms with Crippen molar-refractivity contribution in [3.05, 3.63) is 400 Å². The highest BCUT2D eigenvalue weighted by atomic mass is 14.8. The van der Waals surface area contributed by atoms with Crippen molar-refractivity contribution in [1.29, 1.82) is 15.8 Å². The van der Waals surface area contributed by atoms with Gasteiger partial charge in [-0.15, -0.1) is 0 Å². The summed E-state index contributed by atoms with van der Waals surface area (Å²) in [6.45, 7) is 2.12. The lowest BCUT2D eigenvalue weighted by Crippen LogP contribution is -1.85. The maximum atomic E-state index is 8.51. The topological polar surface area (TPSA) is 174 Å². The van der Waals surface area contributed by atoms with E-state index in [9.17, 15) is 0 Å². The van der Waals surface area contributed by atoms with Crippen LogP contribution in [0.1, 0.15) is 22.3 Å². The van der Waals surface area contributed by atoms with Gasteiger partial charge in [0.2, 0.25) is 0 Å². The fourth-order valence-corrected chi connectivity index (χ4v) is 10.8. The summed E-state index contributed by atoms with van der Waals surface area (Å²) in [7, 11) is 0. The highest BCUT2D eigenvalue weighted by Crippen LogP contribution is 2.31. The molecule has 0 aliphatic heterocycles. The molecule has 0 saturated heterocycles. The first-order chi connectivity index (χ1) is 49.9. The van der Waals surface area contributed by atoms with Gasteiger partial charge in [0.1, 0.15) is 12.7 Å². The Kier molecular flexibility index (Phi) is 24.3. The number of hydrogen-bond acceptors (Lipinski definition) is 11. The number of nitriles is 3. The van der Waals surface area contributed by atoms with Crippen molar-refractivity contribution in [2.75, 3.05) is 0 Å². The zero-order valence-corrected chi connectivity index (χ0v) is 55.2. The number of benzene rings is 10. The van der Waals surface area contributed by atoms with Crippen molar-refractivity contribution < 1.29 is 0 Å². The summed E-state index contributed by atoms with van der Waals surface area (Å²) in [6, 6.07) is 105. The molecule has 0 bridgehead atoms. The number of hydrogen-bond donors (Lipinski definition) is 0. The Morgan fingerprint density at radius 3 is 0.871 bits per heavy atom. The van der Waals surface area contributed by atoms with Gasteiger partial charge in [0.05, 0.1) is 34.9 Å². The number of nitrogens with zero attached hydrogens (tertiary/aromatic N) is 11. The second-order valence-electron chi connectivity index (χ2n) is 22.8. The normalized spacial score (nSPS) is 10.0. The molecule has 0 unspecified atom stereocenters. The largest absolute Gasteiger partial charge is 0.265 e. The quantitative estimate of drug-likeness (QED) is 0.134. The zero-order chi connectivity index (χ0) is 69.5. The number of aromatic nitrogens is 8. The van der Waals surface area contributed by atoms with Gasteiger partial charge in [-0.1, -0.05) is 212 Å². The van der Waals surface area contributed by atoms with Crippen molar-refractivity contribution in [2.24, 2.45) is 0 Å². The number of rotatable bonds is 9. The van der Waals surface area contributed by atoms with Gasteiger partial charge in [0, 0.05) is 96.6 Å². The van der Waals surface area contributed by atoms with E-state index in [0.717, 1.165) is 33.4 Å².